The van der Waals surface area contributed by atoms with Gasteiger partial charge in [-0.2, -0.15) is 8.42 Å². The van der Waals surface area contributed by atoms with Crippen molar-refractivity contribution in [3.8, 4) is 0 Å². The van der Waals surface area contributed by atoms with Crippen molar-refractivity contribution in [2.24, 2.45) is 0 Å². The van der Waals surface area contributed by atoms with E-state index in [1.54, 1.807) is 0 Å². The van der Waals surface area contributed by atoms with E-state index < -0.39 is 18.2 Å². The van der Waals surface area contributed by atoms with Crippen molar-refractivity contribution in [3.05, 3.63) is 0 Å². The van der Waals surface area contributed by atoms with E-state index in [2.05, 4.69) is 11.4 Å². The normalized spacial score (nSPS) is 11.3. The van der Waals surface area contributed by atoms with Crippen LogP contribution in [-0.4, -0.2) is 33.9 Å². The number of rotatable bonds is 12. The molecule has 138 valence electrons. The minimum absolute atomic E-state index is 0. The van der Waals surface area contributed by atoms with E-state index in [0.29, 0.717) is 0 Å². The summed E-state index contributed by atoms with van der Waals surface area (Å²) in [6, 6.07) is 0. The fourth-order valence-electron chi connectivity index (χ4n) is 1.77. The van der Waals surface area contributed by atoms with Gasteiger partial charge in [0.2, 0.25) is 0 Å². The molecule has 4 N–H and O–H groups in total. The summed E-state index contributed by atoms with van der Waals surface area (Å²) in [5.74, 6) is 0. The summed E-state index contributed by atoms with van der Waals surface area (Å²) in [6.07, 6.45) is 12.0. The second-order valence-electron chi connectivity index (χ2n) is 4.95. The summed E-state index contributed by atoms with van der Waals surface area (Å²) in [5, 5.41) is 0. The Morgan fingerprint density at radius 3 is 1.48 bits per heavy atom. The van der Waals surface area contributed by atoms with Crippen LogP contribution in [0, 0.1) is 0 Å². The van der Waals surface area contributed by atoms with Gasteiger partial charge < -0.3 is 11.2 Å². The SMILES string of the molecule is CCCCCCCCCCCCOP(=O)(O)O.O=S(=O)(O)O.[H-].[Na+]. The number of phosphoric acid groups is 1. The molecule has 0 aliphatic rings. The van der Waals surface area contributed by atoms with Gasteiger partial charge in [-0.15, -0.1) is 0 Å². The molecule has 0 radical (unpaired) electrons. The third kappa shape index (κ3) is 45.1. The molecule has 0 amide bonds. The third-order valence-electron chi connectivity index (χ3n) is 2.76. The van der Waals surface area contributed by atoms with Gasteiger partial charge in [0.25, 0.3) is 0 Å². The zero-order valence-electron chi connectivity index (χ0n) is 15.1. The maximum absolute atomic E-state index is 10.4. The molecule has 8 nitrogen and oxygen atoms in total. The van der Waals surface area contributed by atoms with Gasteiger partial charge >= 0.3 is 47.8 Å². The standard InChI is InChI=1S/C12H27O4P.Na.H2O4S.H/c1-2-3-4-5-6-7-8-9-10-11-12-16-17(13,14)15;;1-5(2,3)4;/h2-12H2,1H3,(H2,13,14,15);;(H2,1,2,3,4);/q;+1;;-1. The molecule has 0 atom stereocenters. The van der Waals surface area contributed by atoms with E-state index in [-0.39, 0.29) is 37.6 Å². The van der Waals surface area contributed by atoms with E-state index in [1.165, 1.54) is 44.9 Å². The molecule has 0 heterocycles. The number of hydrogen-bond donors (Lipinski definition) is 4. The fourth-order valence-corrected chi connectivity index (χ4v) is 2.14. The van der Waals surface area contributed by atoms with Gasteiger partial charge in [0.1, 0.15) is 0 Å². The Morgan fingerprint density at radius 1 is 0.870 bits per heavy atom. The minimum atomic E-state index is -4.67. The fraction of sp³-hybridized carbons (Fsp3) is 1.00. The summed E-state index contributed by atoms with van der Waals surface area (Å²) in [7, 11) is -8.91. The second kappa shape index (κ2) is 17.8. The smallest absolute Gasteiger partial charge is 1.00 e. The van der Waals surface area contributed by atoms with Gasteiger partial charge in [-0.05, 0) is 6.42 Å². The average molecular weight is 388 g/mol. The molecule has 0 aromatic heterocycles. The van der Waals surface area contributed by atoms with Gasteiger partial charge in [0, 0.05) is 0 Å². The molecule has 0 bridgehead atoms. The zero-order valence-corrected chi connectivity index (χ0v) is 17.8. The molecule has 0 fully saturated rings. The Labute approximate surface area is 163 Å². The minimum Gasteiger partial charge on any atom is -1.00 e. The van der Waals surface area contributed by atoms with Crippen molar-refractivity contribution < 1.29 is 67.4 Å². The predicted octanol–water partition coefficient (Wildman–Crippen LogP) is 0.480. The first kappa shape index (κ1) is 28.8. The van der Waals surface area contributed by atoms with E-state index in [1.807, 2.05) is 0 Å². The Hall–Kier alpha value is 0.980. The van der Waals surface area contributed by atoms with Crippen molar-refractivity contribution in [3.63, 3.8) is 0 Å². The van der Waals surface area contributed by atoms with Crippen LogP contribution in [-0.2, 0) is 19.5 Å². The molecule has 0 aliphatic carbocycles. The topological polar surface area (TPSA) is 141 Å². The first-order valence-electron chi connectivity index (χ1n) is 7.46. The number of phosphoric ester groups is 1. The van der Waals surface area contributed by atoms with Gasteiger partial charge in [-0.3, -0.25) is 13.6 Å². The number of hydrogen-bond acceptors (Lipinski definition) is 4. The van der Waals surface area contributed by atoms with Crippen LogP contribution in [0.3, 0.4) is 0 Å². The molecule has 0 saturated heterocycles. The summed E-state index contributed by atoms with van der Waals surface area (Å²) >= 11 is 0. The van der Waals surface area contributed by atoms with Crippen LogP contribution < -0.4 is 29.6 Å². The summed E-state index contributed by atoms with van der Waals surface area (Å²) < 4.78 is 46.3. The van der Waals surface area contributed by atoms with Crippen LogP contribution in [0.4, 0.5) is 0 Å². The van der Waals surface area contributed by atoms with Crippen LogP contribution in [0.15, 0.2) is 0 Å². The van der Waals surface area contributed by atoms with E-state index >= 15 is 0 Å². The first-order valence-corrected chi connectivity index (χ1v) is 10.4. The first-order chi connectivity index (χ1) is 10.1. The Kier molecular flexibility index (Phi) is 22.3. The summed E-state index contributed by atoms with van der Waals surface area (Å²) in [5.41, 5.74) is 0. The van der Waals surface area contributed by atoms with Gasteiger partial charge in [0.05, 0.1) is 6.61 Å². The maximum atomic E-state index is 10.4. The molecular weight excluding hydrogens is 358 g/mol. The quantitative estimate of drug-likeness (QED) is 0.164. The molecule has 0 spiro atoms. The monoisotopic (exact) mass is 388 g/mol. The van der Waals surface area contributed by atoms with Crippen molar-refractivity contribution in [1.82, 2.24) is 0 Å². The van der Waals surface area contributed by atoms with E-state index in [0.717, 1.165) is 19.3 Å². The van der Waals surface area contributed by atoms with Gasteiger partial charge in [0.15, 0.2) is 0 Å². The second-order valence-corrected chi connectivity index (χ2v) is 7.09. The van der Waals surface area contributed by atoms with Crippen LogP contribution in [0.5, 0.6) is 0 Å². The van der Waals surface area contributed by atoms with Gasteiger partial charge in [-0.25, -0.2) is 4.57 Å². The van der Waals surface area contributed by atoms with Crippen LogP contribution in [0.2, 0.25) is 0 Å². The van der Waals surface area contributed by atoms with Crippen molar-refractivity contribution in [2.45, 2.75) is 71.1 Å². The van der Waals surface area contributed by atoms with E-state index in [4.69, 9.17) is 27.3 Å². The molecule has 0 aromatic rings. The Morgan fingerprint density at radius 2 is 1.17 bits per heavy atom. The largest absolute Gasteiger partial charge is 1.00 e. The van der Waals surface area contributed by atoms with Crippen molar-refractivity contribution in [1.29, 1.82) is 0 Å². The molecule has 0 unspecified atom stereocenters. The van der Waals surface area contributed by atoms with E-state index in [9.17, 15) is 4.57 Å². The molecule has 0 aromatic carbocycles. The molecule has 0 saturated carbocycles. The molecule has 11 heteroatoms. The molecule has 0 aliphatic heterocycles. The average Bonchev–Trinajstić information content (AvgIpc) is 2.32. The zero-order chi connectivity index (χ0) is 17.5. The Bertz CT molecular complexity index is 383. The van der Waals surface area contributed by atoms with Gasteiger partial charge in [-0.1, -0.05) is 64.7 Å². The summed E-state index contributed by atoms with van der Waals surface area (Å²) in [6.45, 7) is 2.39. The van der Waals surface area contributed by atoms with Crippen molar-refractivity contribution in [2.75, 3.05) is 6.61 Å². The predicted molar refractivity (Wildman–Crippen MR) is 85.1 cm³/mol. The third-order valence-corrected chi connectivity index (χ3v) is 3.28. The van der Waals surface area contributed by atoms with Crippen LogP contribution in [0.1, 0.15) is 72.6 Å². The molecular formula is C12H30NaO8PS. The molecule has 23 heavy (non-hydrogen) atoms. The maximum Gasteiger partial charge on any atom is 1.00 e. The summed E-state index contributed by atoms with van der Waals surface area (Å²) in [4.78, 5) is 16.9. The number of unbranched alkanes of at least 4 members (excludes halogenated alkanes) is 9. The molecule has 0 rings (SSSR count). The van der Waals surface area contributed by atoms with Crippen LogP contribution in [0.25, 0.3) is 0 Å². The van der Waals surface area contributed by atoms with Crippen LogP contribution >= 0.6 is 7.82 Å². The Balaban J connectivity index is -0.000000250. The van der Waals surface area contributed by atoms with Crippen molar-refractivity contribution >= 4 is 18.2 Å².